The summed E-state index contributed by atoms with van der Waals surface area (Å²) in [5, 5.41) is 44.8. The highest BCUT2D eigenvalue weighted by molar-refractivity contribution is 5.74. The normalized spacial score (nSPS) is 28.2. The highest BCUT2D eigenvalue weighted by Crippen LogP contribution is 2.05. The van der Waals surface area contributed by atoms with E-state index in [1.165, 1.54) is 0 Å². The van der Waals surface area contributed by atoms with Gasteiger partial charge >= 0.3 is 23.9 Å². The van der Waals surface area contributed by atoms with E-state index in [0.29, 0.717) is 0 Å². The quantitative estimate of drug-likeness (QED) is 0.263. The van der Waals surface area contributed by atoms with Gasteiger partial charge in [-0.15, -0.1) is 0 Å². The molecule has 184 valence electrons. The summed E-state index contributed by atoms with van der Waals surface area (Å²) in [5.74, 6) is -2.88. The fourth-order valence-electron chi connectivity index (χ4n) is 3.58. The van der Waals surface area contributed by atoms with Gasteiger partial charge in [-0.2, -0.15) is 0 Å². The molecule has 4 fully saturated rings. The molecule has 4 atom stereocenters. The molecule has 12 nitrogen and oxygen atoms in total. The Balaban J connectivity index is 0.000000213. The molecule has 12 heteroatoms. The minimum Gasteiger partial charge on any atom is -0.480 e. The van der Waals surface area contributed by atoms with E-state index in [-0.39, 0.29) is 24.2 Å². The van der Waals surface area contributed by atoms with E-state index in [4.69, 9.17) is 20.4 Å². The third kappa shape index (κ3) is 11.4. The number of carboxylic acid groups (broad SMARTS) is 4. The van der Waals surface area contributed by atoms with Crippen LogP contribution < -0.4 is 21.3 Å². The molecule has 0 amide bonds. The van der Waals surface area contributed by atoms with Gasteiger partial charge in [0.05, 0.1) is 0 Å². The van der Waals surface area contributed by atoms with Crippen LogP contribution in [-0.4, -0.2) is 94.6 Å². The molecule has 4 rings (SSSR count). The second kappa shape index (κ2) is 15.5. The van der Waals surface area contributed by atoms with Crippen molar-refractivity contribution in [2.75, 3.05) is 26.2 Å². The summed E-state index contributed by atoms with van der Waals surface area (Å²) >= 11 is 0. The number of rotatable bonds is 4. The van der Waals surface area contributed by atoms with Crippen LogP contribution in [0.5, 0.6) is 0 Å². The minimum atomic E-state index is -0.720. The van der Waals surface area contributed by atoms with E-state index in [0.717, 1.165) is 77.5 Å². The van der Waals surface area contributed by atoms with Crippen molar-refractivity contribution in [1.29, 1.82) is 0 Å². The lowest BCUT2D eigenvalue weighted by Crippen LogP contribution is -2.29. The van der Waals surface area contributed by atoms with Gasteiger partial charge in [0.2, 0.25) is 0 Å². The Morgan fingerprint density at radius 2 is 0.625 bits per heavy atom. The zero-order valence-corrected chi connectivity index (χ0v) is 18.2. The van der Waals surface area contributed by atoms with Gasteiger partial charge < -0.3 is 41.7 Å². The first-order valence-corrected chi connectivity index (χ1v) is 11.1. The second-order valence-corrected chi connectivity index (χ2v) is 7.95. The summed E-state index contributed by atoms with van der Waals surface area (Å²) in [6, 6.07) is -1.07. The smallest absolute Gasteiger partial charge is 0.320 e. The van der Waals surface area contributed by atoms with Crippen molar-refractivity contribution in [2.24, 2.45) is 0 Å². The first-order chi connectivity index (χ1) is 15.2. The molecule has 0 aromatic rings. The molecule has 2 unspecified atom stereocenters. The van der Waals surface area contributed by atoms with Gasteiger partial charge in [0.1, 0.15) is 24.2 Å². The van der Waals surface area contributed by atoms with Crippen LogP contribution in [0.2, 0.25) is 0 Å². The summed E-state index contributed by atoms with van der Waals surface area (Å²) in [6.45, 7) is 3.43. The van der Waals surface area contributed by atoms with Crippen molar-refractivity contribution in [2.45, 2.75) is 75.5 Å². The summed E-state index contributed by atoms with van der Waals surface area (Å²) in [7, 11) is 0. The lowest BCUT2D eigenvalue weighted by atomic mass is 10.2. The van der Waals surface area contributed by atoms with Gasteiger partial charge in [0.25, 0.3) is 0 Å². The maximum atomic E-state index is 10.1. The highest BCUT2D eigenvalue weighted by Gasteiger charge is 2.22. The Morgan fingerprint density at radius 1 is 0.438 bits per heavy atom. The molecule has 4 heterocycles. The van der Waals surface area contributed by atoms with Crippen molar-refractivity contribution >= 4 is 23.9 Å². The summed E-state index contributed by atoms with van der Waals surface area (Å²) in [6.07, 6.45) is 7.14. The Kier molecular flexibility index (Phi) is 13.5. The Bertz CT molecular complexity index is 490. The van der Waals surface area contributed by atoms with Crippen LogP contribution in [0, 0.1) is 0 Å². The number of carbonyl (C=O) groups is 4. The van der Waals surface area contributed by atoms with E-state index in [1.807, 2.05) is 0 Å². The molecule has 0 aromatic heterocycles. The van der Waals surface area contributed by atoms with Crippen molar-refractivity contribution in [1.82, 2.24) is 21.3 Å². The monoisotopic (exact) mass is 460 g/mol. The van der Waals surface area contributed by atoms with E-state index < -0.39 is 23.9 Å². The van der Waals surface area contributed by atoms with Crippen LogP contribution in [0.4, 0.5) is 0 Å². The minimum absolute atomic E-state index is 0.269. The van der Waals surface area contributed by atoms with Crippen LogP contribution in [0.15, 0.2) is 0 Å². The van der Waals surface area contributed by atoms with Crippen molar-refractivity contribution in [3.63, 3.8) is 0 Å². The first-order valence-electron chi connectivity index (χ1n) is 11.1. The summed E-state index contributed by atoms with van der Waals surface area (Å²) < 4.78 is 0. The molecule has 0 radical (unpaired) electrons. The zero-order valence-electron chi connectivity index (χ0n) is 18.2. The Morgan fingerprint density at radius 3 is 0.688 bits per heavy atom. The molecular weight excluding hydrogens is 424 g/mol. The average molecular weight is 461 g/mol. The lowest BCUT2D eigenvalue weighted by Gasteiger charge is -1.99. The van der Waals surface area contributed by atoms with Gasteiger partial charge in [-0.1, -0.05) is 0 Å². The third-order valence-electron chi connectivity index (χ3n) is 5.43. The molecule has 0 saturated carbocycles. The SMILES string of the molecule is O=C(O)C1CCCN1.O=C(O)C1CCCN1.O=C(O)[C@@H]1CCCN1.O=C(O)[C@H]1CCCN1. The molecule has 0 bridgehead atoms. The Hall–Kier alpha value is -2.28. The Labute approximate surface area is 187 Å². The molecule has 0 aromatic carbocycles. The second-order valence-electron chi connectivity index (χ2n) is 7.95. The molecule has 0 aliphatic carbocycles. The van der Waals surface area contributed by atoms with Gasteiger partial charge in [-0.3, -0.25) is 19.2 Å². The topological polar surface area (TPSA) is 197 Å². The molecule has 4 aliphatic rings. The number of nitrogens with one attached hydrogen (secondary N) is 4. The average Bonchev–Trinajstić information content (AvgIpc) is 3.56. The highest BCUT2D eigenvalue weighted by atomic mass is 16.4. The van der Waals surface area contributed by atoms with Crippen LogP contribution in [-0.2, 0) is 19.2 Å². The molecular formula is C20H36N4O8. The predicted octanol–water partition coefficient (Wildman–Crippen LogP) is -0.708. The van der Waals surface area contributed by atoms with Crippen LogP contribution >= 0.6 is 0 Å². The van der Waals surface area contributed by atoms with Gasteiger partial charge in [-0.25, -0.2) is 0 Å². The number of hydrogen-bond acceptors (Lipinski definition) is 8. The lowest BCUT2D eigenvalue weighted by molar-refractivity contribution is -0.140. The van der Waals surface area contributed by atoms with Crippen LogP contribution in [0.3, 0.4) is 0 Å². The van der Waals surface area contributed by atoms with E-state index in [2.05, 4.69) is 21.3 Å². The molecule has 0 spiro atoms. The number of carboxylic acids is 4. The van der Waals surface area contributed by atoms with Crippen LogP contribution in [0.1, 0.15) is 51.4 Å². The molecule has 4 saturated heterocycles. The molecule has 32 heavy (non-hydrogen) atoms. The standard InChI is InChI=1S/4C5H9NO2/c4*7-5(8)4-2-1-3-6-4/h4*4,6H,1-3H2,(H,7,8)/t2*4-;;/m10../s1. The summed E-state index contributed by atoms with van der Waals surface area (Å²) in [4.78, 5) is 40.6. The van der Waals surface area contributed by atoms with Crippen molar-refractivity contribution in [3.8, 4) is 0 Å². The van der Waals surface area contributed by atoms with E-state index >= 15 is 0 Å². The van der Waals surface area contributed by atoms with E-state index in [9.17, 15) is 19.2 Å². The maximum absolute atomic E-state index is 10.1. The molecule has 4 aliphatic heterocycles. The van der Waals surface area contributed by atoms with Gasteiger partial charge in [0, 0.05) is 0 Å². The van der Waals surface area contributed by atoms with Gasteiger partial charge in [-0.05, 0) is 77.5 Å². The number of aliphatic carboxylic acids is 4. The van der Waals surface area contributed by atoms with Crippen LogP contribution in [0.25, 0.3) is 0 Å². The molecule has 8 N–H and O–H groups in total. The van der Waals surface area contributed by atoms with E-state index in [1.54, 1.807) is 0 Å². The van der Waals surface area contributed by atoms with Crippen molar-refractivity contribution < 1.29 is 39.6 Å². The fraction of sp³-hybridized carbons (Fsp3) is 0.800. The van der Waals surface area contributed by atoms with Crippen molar-refractivity contribution in [3.05, 3.63) is 0 Å². The third-order valence-corrected chi connectivity index (χ3v) is 5.43. The number of hydrogen-bond donors (Lipinski definition) is 8. The largest absolute Gasteiger partial charge is 0.480 e. The van der Waals surface area contributed by atoms with Gasteiger partial charge in [0.15, 0.2) is 0 Å². The summed E-state index contributed by atoms with van der Waals surface area (Å²) in [5.41, 5.74) is 0. The predicted molar refractivity (Wildman–Crippen MR) is 115 cm³/mol. The fourth-order valence-corrected chi connectivity index (χ4v) is 3.58. The zero-order chi connectivity index (χ0) is 23.9. The first kappa shape index (κ1) is 27.8. The maximum Gasteiger partial charge on any atom is 0.320 e.